The van der Waals surface area contributed by atoms with Crippen molar-refractivity contribution in [1.29, 1.82) is 0 Å². The normalized spacial score (nSPS) is 23.3. The predicted octanol–water partition coefficient (Wildman–Crippen LogP) is 0.340. The van der Waals surface area contributed by atoms with E-state index >= 15 is 0 Å². The van der Waals surface area contributed by atoms with Gasteiger partial charge in [0.2, 0.25) is 5.78 Å². The van der Waals surface area contributed by atoms with Crippen molar-refractivity contribution in [3.05, 3.63) is 28.8 Å². The molecule has 0 spiro atoms. The van der Waals surface area contributed by atoms with Gasteiger partial charge >= 0.3 is 6.09 Å². The van der Waals surface area contributed by atoms with E-state index in [-0.39, 0.29) is 35.8 Å². The molecule has 23 heavy (non-hydrogen) atoms. The van der Waals surface area contributed by atoms with Crippen LogP contribution in [0.5, 0.6) is 0 Å². The molecule has 1 aromatic carbocycles. The van der Waals surface area contributed by atoms with Gasteiger partial charge in [0, 0.05) is 17.3 Å². The van der Waals surface area contributed by atoms with E-state index in [1.807, 2.05) is 0 Å². The summed E-state index contributed by atoms with van der Waals surface area (Å²) >= 11 is 5.96. The number of carbonyl (C=O) groups excluding carboxylic acids is 3. The zero-order valence-corrected chi connectivity index (χ0v) is 13.0. The van der Waals surface area contributed by atoms with E-state index in [2.05, 4.69) is 16.0 Å². The first kappa shape index (κ1) is 17.4. The van der Waals surface area contributed by atoms with Gasteiger partial charge in [0.15, 0.2) is 12.0 Å². The number of Topliss-reactive ketones (excluding diaryl/α,β-unsaturated/α-hetero) is 1. The fourth-order valence-corrected chi connectivity index (χ4v) is 2.55. The molecule has 1 saturated heterocycles. The first-order chi connectivity index (χ1) is 10.9. The van der Waals surface area contributed by atoms with Gasteiger partial charge in [-0.1, -0.05) is 11.6 Å². The smallest absolute Gasteiger partial charge is 0.411 e. The lowest BCUT2D eigenvalue weighted by Crippen LogP contribution is -2.51. The molecule has 1 fully saturated rings. The van der Waals surface area contributed by atoms with Crippen LogP contribution in [0.4, 0.5) is 10.5 Å². The van der Waals surface area contributed by atoms with Gasteiger partial charge in [-0.05, 0) is 25.1 Å². The minimum absolute atomic E-state index is 0.0894. The Labute approximate surface area is 137 Å². The lowest BCUT2D eigenvalue weighted by atomic mass is 9.92. The third kappa shape index (κ3) is 3.50. The maximum Gasteiger partial charge on any atom is 0.411 e. The van der Waals surface area contributed by atoms with Gasteiger partial charge in [0.05, 0.1) is 12.3 Å². The summed E-state index contributed by atoms with van der Waals surface area (Å²) in [7, 11) is 0. The minimum atomic E-state index is -1.91. The Balaban J connectivity index is 2.44. The maximum atomic E-state index is 11.7. The number of anilines is 1. The highest BCUT2D eigenvalue weighted by Crippen LogP contribution is 2.33. The number of benzene rings is 1. The fourth-order valence-electron chi connectivity index (χ4n) is 2.38. The Hall–Kier alpha value is -2.00. The number of aldehydes is 1. The number of amides is 1. The molecule has 9 heteroatoms. The van der Waals surface area contributed by atoms with Crippen LogP contribution >= 0.6 is 11.6 Å². The summed E-state index contributed by atoms with van der Waals surface area (Å²) in [5.41, 5.74) is -1.56. The number of aliphatic hydroxyl groups is 1. The quantitative estimate of drug-likeness (QED) is 0.450. The molecule has 1 heterocycles. The Morgan fingerprint density at radius 3 is 2.96 bits per heavy atom. The van der Waals surface area contributed by atoms with E-state index in [1.54, 1.807) is 6.92 Å². The van der Waals surface area contributed by atoms with Crippen LogP contribution in [-0.2, 0) is 20.1 Å². The van der Waals surface area contributed by atoms with E-state index < -0.39 is 23.6 Å². The standard InChI is InChI=1S/C14H16ClN3O5/c1-2-23-13(21)18-10-4-3-8(15)5-9(10)14(22)12(11(20)6-19)16-7-17-14/h3-6,12,16-17,22H,2,7H2,1H3,(H,18,21). The Morgan fingerprint density at radius 1 is 1.57 bits per heavy atom. The summed E-state index contributed by atoms with van der Waals surface area (Å²) in [6, 6.07) is 3.17. The van der Waals surface area contributed by atoms with Crippen molar-refractivity contribution < 1.29 is 24.2 Å². The van der Waals surface area contributed by atoms with Gasteiger partial charge in [-0.3, -0.25) is 25.5 Å². The molecule has 0 aliphatic carbocycles. The number of hydrogen-bond acceptors (Lipinski definition) is 7. The molecule has 1 amide bonds. The van der Waals surface area contributed by atoms with Crippen LogP contribution in [0, 0.1) is 0 Å². The molecule has 8 nitrogen and oxygen atoms in total. The Morgan fingerprint density at radius 2 is 2.30 bits per heavy atom. The maximum absolute atomic E-state index is 11.7. The van der Waals surface area contributed by atoms with E-state index in [4.69, 9.17) is 16.3 Å². The molecule has 124 valence electrons. The van der Waals surface area contributed by atoms with Gasteiger partial charge < -0.3 is 9.84 Å². The van der Waals surface area contributed by atoms with Gasteiger partial charge in [-0.15, -0.1) is 0 Å². The first-order valence-electron chi connectivity index (χ1n) is 6.86. The van der Waals surface area contributed by atoms with E-state index in [9.17, 15) is 19.5 Å². The second kappa shape index (κ2) is 7.05. The molecule has 4 N–H and O–H groups in total. The van der Waals surface area contributed by atoms with Crippen LogP contribution < -0.4 is 16.0 Å². The third-order valence-corrected chi connectivity index (χ3v) is 3.62. The van der Waals surface area contributed by atoms with Crippen LogP contribution in [0.15, 0.2) is 18.2 Å². The summed E-state index contributed by atoms with van der Waals surface area (Å²) in [5, 5.41) is 19.0. The van der Waals surface area contributed by atoms with Crippen molar-refractivity contribution in [1.82, 2.24) is 10.6 Å². The van der Waals surface area contributed by atoms with Crippen LogP contribution in [0.3, 0.4) is 0 Å². The number of ether oxygens (including phenoxy) is 1. The van der Waals surface area contributed by atoms with E-state index in [0.29, 0.717) is 0 Å². The second-order valence-corrected chi connectivity index (χ2v) is 5.25. The van der Waals surface area contributed by atoms with Crippen molar-refractivity contribution >= 4 is 35.5 Å². The zero-order chi connectivity index (χ0) is 17.0. The first-order valence-corrected chi connectivity index (χ1v) is 7.23. The molecule has 0 radical (unpaired) electrons. The van der Waals surface area contributed by atoms with Crippen molar-refractivity contribution in [2.45, 2.75) is 18.7 Å². The molecule has 2 rings (SSSR count). The summed E-state index contributed by atoms with van der Waals surface area (Å²) in [5.74, 6) is -0.834. The van der Waals surface area contributed by atoms with Crippen LogP contribution in [0.2, 0.25) is 5.02 Å². The minimum Gasteiger partial charge on any atom is -0.450 e. The molecule has 2 atom stereocenters. The molecule has 0 aromatic heterocycles. The fraction of sp³-hybridized carbons (Fsp3) is 0.357. The topological polar surface area (TPSA) is 117 Å². The highest BCUT2D eigenvalue weighted by molar-refractivity contribution is 6.31. The highest BCUT2D eigenvalue weighted by atomic mass is 35.5. The van der Waals surface area contributed by atoms with Crippen molar-refractivity contribution in [3.8, 4) is 0 Å². The molecule has 1 aromatic rings. The van der Waals surface area contributed by atoms with Crippen molar-refractivity contribution in [3.63, 3.8) is 0 Å². The summed E-state index contributed by atoms with van der Waals surface area (Å²) < 4.78 is 4.80. The molecule has 0 bridgehead atoms. The molecule has 1 aliphatic heterocycles. The van der Waals surface area contributed by atoms with Gasteiger partial charge in [-0.25, -0.2) is 4.79 Å². The summed E-state index contributed by atoms with van der Waals surface area (Å²) in [6.07, 6.45) is -0.595. The highest BCUT2D eigenvalue weighted by Gasteiger charge is 2.47. The Kier molecular flexibility index (Phi) is 5.32. The van der Waals surface area contributed by atoms with Crippen molar-refractivity contribution in [2.24, 2.45) is 0 Å². The molecular formula is C14H16ClN3O5. The molecule has 2 unspecified atom stereocenters. The largest absolute Gasteiger partial charge is 0.450 e. The van der Waals surface area contributed by atoms with Crippen LogP contribution in [0.25, 0.3) is 0 Å². The second-order valence-electron chi connectivity index (χ2n) is 4.81. The van der Waals surface area contributed by atoms with E-state index in [0.717, 1.165) is 0 Å². The number of rotatable bonds is 5. The lowest BCUT2D eigenvalue weighted by molar-refractivity contribution is -0.135. The number of carbonyl (C=O) groups is 3. The summed E-state index contributed by atoms with van der Waals surface area (Å²) in [6.45, 7) is 1.91. The van der Waals surface area contributed by atoms with Gasteiger partial charge in [-0.2, -0.15) is 0 Å². The zero-order valence-electron chi connectivity index (χ0n) is 12.3. The molecular weight excluding hydrogens is 326 g/mol. The molecule has 1 aliphatic rings. The number of nitrogens with one attached hydrogen (secondary N) is 3. The van der Waals surface area contributed by atoms with Gasteiger partial charge in [0.1, 0.15) is 6.04 Å². The van der Waals surface area contributed by atoms with Crippen LogP contribution in [0.1, 0.15) is 12.5 Å². The lowest BCUT2D eigenvalue weighted by Gasteiger charge is -2.30. The summed E-state index contributed by atoms with van der Waals surface area (Å²) in [4.78, 5) is 34.2. The SMILES string of the molecule is CCOC(=O)Nc1ccc(Cl)cc1C1(O)NCNC1C(=O)C=O. The predicted molar refractivity (Wildman–Crippen MR) is 82.0 cm³/mol. The third-order valence-electron chi connectivity index (χ3n) is 3.39. The monoisotopic (exact) mass is 341 g/mol. The average Bonchev–Trinajstić information content (AvgIpc) is 2.91. The number of halogens is 1. The van der Waals surface area contributed by atoms with Crippen LogP contribution in [-0.4, -0.2) is 42.6 Å². The number of hydrogen-bond donors (Lipinski definition) is 4. The number of ketones is 1. The van der Waals surface area contributed by atoms with Gasteiger partial charge in [0.25, 0.3) is 0 Å². The molecule has 0 saturated carbocycles. The average molecular weight is 342 g/mol. The van der Waals surface area contributed by atoms with E-state index in [1.165, 1.54) is 18.2 Å². The Bertz CT molecular complexity index is 639. The van der Waals surface area contributed by atoms with Crippen molar-refractivity contribution in [2.75, 3.05) is 18.6 Å².